The van der Waals surface area contributed by atoms with Gasteiger partial charge in [-0.3, -0.25) is 9.78 Å². The lowest BCUT2D eigenvalue weighted by Gasteiger charge is -2.05. The Hall–Kier alpha value is -3.40. The first-order chi connectivity index (χ1) is 12.8. The number of fused-ring (bicyclic) bond motifs is 1. The zero-order valence-corrected chi connectivity index (χ0v) is 14.3. The molecule has 0 aliphatic heterocycles. The van der Waals surface area contributed by atoms with Gasteiger partial charge in [0.05, 0.1) is 7.11 Å². The quantitative estimate of drug-likeness (QED) is 0.482. The highest BCUT2D eigenvalue weighted by molar-refractivity contribution is 6.09. The SMILES string of the molecule is COc1ccc(C(=O)Cc2ccncc2)c2cc(-c3ccccc3)oc12. The van der Waals surface area contributed by atoms with E-state index >= 15 is 0 Å². The Bertz CT molecular complexity index is 1050. The van der Waals surface area contributed by atoms with Gasteiger partial charge >= 0.3 is 0 Å². The Kier molecular flexibility index (Phi) is 4.23. The van der Waals surface area contributed by atoms with Crippen LogP contribution < -0.4 is 4.74 Å². The number of furan rings is 1. The lowest BCUT2D eigenvalue weighted by molar-refractivity contribution is 0.0994. The summed E-state index contributed by atoms with van der Waals surface area (Å²) in [5.41, 5.74) is 3.11. The number of hydrogen-bond acceptors (Lipinski definition) is 4. The number of Topliss-reactive ketones (excluding diaryl/α,β-unsaturated/α-hetero) is 1. The number of ether oxygens (including phenoxy) is 1. The van der Waals surface area contributed by atoms with E-state index in [-0.39, 0.29) is 5.78 Å². The Labute approximate surface area is 151 Å². The van der Waals surface area contributed by atoms with Crippen molar-refractivity contribution in [2.24, 2.45) is 0 Å². The van der Waals surface area contributed by atoms with Gasteiger partial charge in [-0.05, 0) is 35.9 Å². The van der Waals surface area contributed by atoms with Crippen LogP contribution in [0.15, 0.2) is 77.5 Å². The van der Waals surface area contributed by atoms with Crippen LogP contribution in [0.5, 0.6) is 5.75 Å². The van der Waals surface area contributed by atoms with Gasteiger partial charge in [0.1, 0.15) is 5.76 Å². The Balaban J connectivity index is 1.80. The van der Waals surface area contributed by atoms with Crippen molar-refractivity contribution in [3.63, 3.8) is 0 Å². The maximum Gasteiger partial charge on any atom is 0.177 e. The van der Waals surface area contributed by atoms with Gasteiger partial charge in [-0.25, -0.2) is 0 Å². The average Bonchev–Trinajstić information content (AvgIpc) is 3.14. The van der Waals surface area contributed by atoms with Crippen molar-refractivity contribution in [1.29, 1.82) is 0 Å². The van der Waals surface area contributed by atoms with E-state index in [1.54, 1.807) is 31.6 Å². The number of carbonyl (C=O) groups excluding carboxylic acids is 1. The van der Waals surface area contributed by atoms with E-state index in [0.717, 1.165) is 16.5 Å². The number of hydrogen-bond donors (Lipinski definition) is 0. The standard InChI is InChI=1S/C22H17NO3/c1-25-20-8-7-17(19(24)13-15-9-11-23-12-10-15)18-14-21(26-22(18)20)16-5-3-2-4-6-16/h2-12,14H,13H2,1H3. The number of nitrogens with zero attached hydrogens (tertiary/aromatic N) is 1. The van der Waals surface area contributed by atoms with Gasteiger partial charge in [0.15, 0.2) is 17.1 Å². The number of pyridine rings is 1. The number of aromatic nitrogens is 1. The zero-order valence-electron chi connectivity index (χ0n) is 14.3. The molecule has 0 saturated heterocycles. The third-order valence-corrected chi connectivity index (χ3v) is 4.34. The maximum absolute atomic E-state index is 12.9. The van der Waals surface area contributed by atoms with Crippen molar-refractivity contribution in [2.75, 3.05) is 7.11 Å². The lowest BCUT2D eigenvalue weighted by Crippen LogP contribution is -2.04. The molecule has 0 saturated carbocycles. The molecule has 4 rings (SSSR count). The molecule has 128 valence electrons. The van der Waals surface area contributed by atoms with Crippen LogP contribution in [0, 0.1) is 0 Å². The lowest BCUT2D eigenvalue weighted by atomic mass is 10.00. The van der Waals surface area contributed by atoms with Crippen LogP contribution in [0.1, 0.15) is 15.9 Å². The Morgan fingerprint density at radius 3 is 2.54 bits per heavy atom. The van der Waals surface area contributed by atoms with Gasteiger partial charge in [0.25, 0.3) is 0 Å². The largest absolute Gasteiger partial charge is 0.493 e. The third-order valence-electron chi connectivity index (χ3n) is 4.34. The van der Waals surface area contributed by atoms with Crippen LogP contribution in [0.25, 0.3) is 22.3 Å². The van der Waals surface area contributed by atoms with Crippen molar-refractivity contribution >= 4 is 16.8 Å². The first-order valence-corrected chi connectivity index (χ1v) is 8.34. The number of methoxy groups -OCH3 is 1. The molecule has 0 radical (unpaired) electrons. The maximum atomic E-state index is 12.9. The minimum Gasteiger partial charge on any atom is -0.493 e. The van der Waals surface area contributed by atoms with E-state index in [9.17, 15) is 4.79 Å². The molecule has 0 spiro atoms. The van der Waals surface area contributed by atoms with Crippen LogP contribution in [0.3, 0.4) is 0 Å². The predicted octanol–water partition coefficient (Wildman–Crippen LogP) is 4.93. The minimum atomic E-state index is 0.0317. The highest BCUT2D eigenvalue weighted by Crippen LogP contribution is 2.36. The summed E-state index contributed by atoms with van der Waals surface area (Å²) in [5, 5.41) is 0.766. The summed E-state index contributed by atoms with van der Waals surface area (Å²) in [6, 6.07) is 19.0. The summed E-state index contributed by atoms with van der Waals surface area (Å²) >= 11 is 0. The summed E-state index contributed by atoms with van der Waals surface area (Å²) in [6.07, 6.45) is 3.70. The van der Waals surface area contributed by atoms with Crippen molar-refractivity contribution in [1.82, 2.24) is 4.98 Å². The second kappa shape index (κ2) is 6.84. The van der Waals surface area contributed by atoms with Gasteiger partial charge in [-0.2, -0.15) is 0 Å². The summed E-state index contributed by atoms with van der Waals surface area (Å²) in [4.78, 5) is 16.9. The Morgan fingerprint density at radius 1 is 1.04 bits per heavy atom. The van der Waals surface area contributed by atoms with Crippen LogP contribution in [-0.2, 0) is 6.42 Å². The molecule has 0 unspecified atom stereocenters. The molecule has 4 nitrogen and oxygen atoms in total. The van der Waals surface area contributed by atoms with E-state index in [1.807, 2.05) is 48.5 Å². The van der Waals surface area contributed by atoms with E-state index < -0.39 is 0 Å². The molecule has 2 aromatic carbocycles. The fraction of sp³-hybridized carbons (Fsp3) is 0.0909. The minimum absolute atomic E-state index is 0.0317. The molecule has 0 fully saturated rings. The molecule has 0 aliphatic rings. The van der Waals surface area contributed by atoms with E-state index in [0.29, 0.717) is 29.1 Å². The second-order valence-corrected chi connectivity index (χ2v) is 5.99. The third kappa shape index (κ3) is 2.97. The second-order valence-electron chi connectivity index (χ2n) is 5.99. The van der Waals surface area contributed by atoms with Gasteiger partial charge in [-0.1, -0.05) is 30.3 Å². The van der Waals surface area contributed by atoms with Gasteiger partial charge in [0.2, 0.25) is 0 Å². The molecular formula is C22H17NO3. The van der Waals surface area contributed by atoms with Gasteiger partial charge in [-0.15, -0.1) is 0 Å². The number of rotatable bonds is 5. The highest BCUT2D eigenvalue weighted by Gasteiger charge is 2.18. The number of carbonyl (C=O) groups is 1. The van der Waals surface area contributed by atoms with Gasteiger partial charge < -0.3 is 9.15 Å². The molecule has 2 aromatic heterocycles. The van der Waals surface area contributed by atoms with Crippen molar-refractivity contribution in [3.8, 4) is 17.1 Å². The summed E-state index contributed by atoms with van der Waals surface area (Å²) in [7, 11) is 1.60. The topological polar surface area (TPSA) is 52.3 Å². The average molecular weight is 343 g/mol. The fourth-order valence-corrected chi connectivity index (χ4v) is 3.03. The molecule has 0 N–H and O–H groups in total. The summed E-state index contributed by atoms with van der Waals surface area (Å²) in [6.45, 7) is 0. The smallest absolute Gasteiger partial charge is 0.177 e. The van der Waals surface area contributed by atoms with E-state index in [1.165, 1.54) is 0 Å². The Morgan fingerprint density at radius 2 is 1.81 bits per heavy atom. The fourth-order valence-electron chi connectivity index (χ4n) is 3.03. The first-order valence-electron chi connectivity index (χ1n) is 8.34. The zero-order chi connectivity index (χ0) is 17.9. The summed E-state index contributed by atoms with van der Waals surface area (Å²) < 4.78 is 11.4. The van der Waals surface area contributed by atoms with Crippen molar-refractivity contribution in [2.45, 2.75) is 6.42 Å². The molecule has 4 heteroatoms. The molecule has 0 atom stereocenters. The molecule has 26 heavy (non-hydrogen) atoms. The number of benzene rings is 2. The van der Waals surface area contributed by atoms with Crippen molar-refractivity contribution < 1.29 is 13.9 Å². The molecule has 2 heterocycles. The monoisotopic (exact) mass is 343 g/mol. The van der Waals surface area contributed by atoms with Crippen molar-refractivity contribution in [3.05, 3.63) is 84.2 Å². The van der Waals surface area contributed by atoms with Crippen LogP contribution in [0.2, 0.25) is 0 Å². The normalized spacial score (nSPS) is 10.8. The molecule has 0 amide bonds. The van der Waals surface area contributed by atoms with E-state index in [4.69, 9.17) is 9.15 Å². The van der Waals surface area contributed by atoms with Gasteiger partial charge in [0, 0.05) is 35.3 Å². The van der Waals surface area contributed by atoms with Crippen LogP contribution >= 0.6 is 0 Å². The molecule has 0 bridgehead atoms. The highest BCUT2D eigenvalue weighted by atomic mass is 16.5. The predicted molar refractivity (Wildman–Crippen MR) is 100 cm³/mol. The molecule has 4 aromatic rings. The number of ketones is 1. The van der Waals surface area contributed by atoms with E-state index in [2.05, 4.69) is 4.98 Å². The van der Waals surface area contributed by atoms with Crippen LogP contribution in [-0.4, -0.2) is 17.9 Å². The molecule has 0 aliphatic carbocycles. The van der Waals surface area contributed by atoms with Crippen LogP contribution in [0.4, 0.5) is 0 Å². The molecular weight excluding hydrogens is 326 g/mol. The summed E-state index contributed by atoms with van der Waals surface area (Å²) in [5.74, 6) is 1.36. The first kappa shape index (κ1) is 16.1.